The minimum absolute atomic E-state index is 0.126. The number of allylic oxidation sites excluding steroid dienone is 2. The summed E-state index contributed by atoms with van der Waals surface area (Å²) in [6.07, 6.45) is 4.21. The van der Waals surface area contributed by atoms with E-state index >= 15 is 0 Å². The molecule has 5 aliphatic rings. The molecule has 9 heteroatoms. The molecule has 1 aromatic rings. The zero-order valence-corrected chi connectivity index (χ0v) is 23.9. The number of likely N-dealkylation sites (N-methyl/N-ethyl adjacent to an activating group) is 1. The number of hydrogen-bond acceptors (Lipinski definition) is 5. The van der Waals surface area contributed by atoms with Gasteiger partial charge in [0.25, 0.3) is 0 Å². The molecule has 1 unspecified atom stereocenters. The molecule has 1 aromatic carbocycles. The molecule has 5 aliphatic heterocycles. The Kier molecular flexibility index (Phi) is 6.77. The van der Waals surface area contributed by atoms with Crippen LogP contribution in [0.15, 0.2) is 83.6 Å². The average Bonchev–Trinajstić information content (AvgIpc) is 3.42. The van der Waals surface area contributed by atoms with Crippen molar-refractivity contribution in [1.82, 2.24) is 20.7 Å². The van der Waals surface area contributed by atoms with E-state index in [1.807, 2.05) is 30.3 Å². The Morgan fingerprint density at radius 2 is 2.00 bits per heavy atom. The molecule has 0 spiro atoms. The van der Waals surface area contributed by atoms with Gasteiger partial charge in [-0.3, -0.25) is 0 Å². The van der Waals surface area contributed by atoms with E-state index in [9.17, 15) is 13.2 Å². The first-order valence-corrected chi connectivity index (χ1v) is 16.2. The number of nitrogens with one attached hydrogen (secondary N) is 2. The van der Waals surface area contributed by atoms with Crippen molar-refractivity contribution >= 4 is 5.69 Å². The SMILES string of the molecule is C=C1N2C=C(C3=CCCN(C)C3)C=C(C(F)(F)F)C2=CN1c1cccc(C2(CC3NNC[C@@H]3C)C[I-]C2)c1. The Balaban J connectivity index is 1.33. The van der Waals surface area contributed by atoms with Crippen LogP contribution < -0.4 is 37.0 Å². The van der Waals surface area contributed by atoms with Crippen LogP contribution in [0.1, 0.15) is 25.3 Å². The molecule has 0 aromatic heterocycles. The van der Waals surface area contributed by atoms with Gasteiger partial charge in [0, 0.05) is 6.54 Å². The first-order chi connectivity index (χ1) is 18.1. The van der Waals surface area contributed by atoms with Crippen LogP contribution in [0.4, 0.5) is 18.9 Å². The van der Waals surface area contributed by atoms with Crippen LogP contribution in [0, 0.1) is 5.92 Å². The maximum absolute atomic E-state index is 14.3. The van der Waals surface area contributed by atoms with Gasteiger partial charge in [-0.25, -0.2) is 0 Å². The monoisotopic (exact) mass is 636 g/mol. The maximum atomic E-state index is 14.3. The second kappa shape index (κ2) is 9.83. The van der Waals surface area contributed by atoms with Crippen molar-refractivity contribution in [1.29, 1.82) is 0 Å². The summed E-state index contributed by atoms with van der Waals surface area (Å²) in [5.41, 5.74) is 10.1. The number of alkyl halides is 5. The molecule has 6 rings (SSSR count). The van der Waals surface area contributed by atoms with Crippen molar-refractivity contribution < 1.29 is 34.4 Å². The number of hydrogen-bond donors (Lipinski definition) is 2. The molecule has 0 saturated carbocycles. The Hall–Kier alpha value is -2.08. The van der Waals surface area contributed by atoms with Crippen molar-refractivity contribution in [3.8, 4) is 0 Å². The van der Waals surface area contributed by atoms with Crippen molar-refractivity contribution in [2.24, 2.45) is 5.92 Å². The fourth-order valence-corrected chi connectivity index (χ4v) is 9.34. The Morgan fingerprint density at radius 3 is 2.66 bits per heavy atom. The third-order valence-corrected chi connectivity index (χ3v) is 12.4. The molecule has 204 valence electrons. The van der Waals surface area contributed by atoms with Crippen LogP contribution in [0.2, 0.25) is 0 Å². The van der Waals surface area contributed by atoms with Crippen LogP contribution in [0.5, 0.6) is 0 Å². The molecular weight excluding hydrogens is 602 g/mol. The zero-order valence-electron chi connectivity index (χ0n) is 21.8. The second-order valence-electron chi connectivity index (χ2n) is 11.2. The molecule has 0 radical (unpaired) electrons. The summed E-state index contributed by atoms with van der Waals surface area (Å²) in [4.78, 5) is 5.56. The van der Waals surface area contributed by atoms with E-state index in [2.05, 4.69) is 47.5 Å². The molecule has 38 heavy (non-hydrogen) atoms. The predicted octanol–water partition coefficient (Wildman–Crippen LogP) is 1.61. The Morgan fingerprint density at radius 1 is 1.18 bits per heavy atom. The molecule has 2 N–H and O–H groups in total. The van der Waals surface area contributed by atoms with Gasteiger partial charge in [-0.15, -0.1) is 0 Å². The quantitative estimate of drug-likeness (QED) is 0.380. The molecule has 2 atom stereocenters. The zero-order chi connectivity index (χ0) is 26.7. The average molecular weight is 637 g/mol. The number of halogens is 4. The standard InChI is InChI=1S/C29H34F3IN5/c1-19-13-34-35-26(19)12-28(17-33-18-28)23-7-4-8-24(11-23)37-16-27-25(29(30,31)32)10-22(15-38(27)20(37)2)21-6-5-9-36(3)14-21/h4,6-8,10-11,15-16,19,26,34-35H,2,5,9,12-14,17-18H2,1,3H3/q-1/t19-,26?/m0/s1. The summed E-state index contributed by atoms with van der Waals surface area (Å²) >= 11 is 0.214. The van der Waals surface area contributed by atoms with Gasteiger partial charge in [0.2, 0.25) is 0 Å². The minimum atomic E-state index is -4.47. The van der Waals surface area contributed by atoms with E-state index in [-0.39, 0.29) is 32.3 Å². The third kappa shape index (κ3) is 4.65. The molecule has 5 heterocycles. The first kappa shape index (κ1) is 26.2. The van der Waals surface area contributed by atoms with E-state index in [0.717, 1.165) is 37.2 Å². The third-order valence-electron chi connectivity index (χ3n) is 8.38. The molecular formula is C29H34F3IN5-. The van der Waals surface area contributed by atoms with Gasteiger partial charge in [-0.1, -0.05) is 0 Å². The number of hydrazine groups is 1. The summed E-state index contributed by atoms with van der Waals surface area (Å²) in [5.74, 6) is 1.08. The number of benzene rings is 1. The second-order valence-corrected chi connectivity index (χ2v) is 13.8. The van der Waals surface area contributed by atoms with Gasteiger partial charge in [0.05, 0.1) is 0 Å². The number of anilines is 1. The van der Waals surface area contributed by atoms with Gasteiger partial charge < -0.3 is 4.90 Å². The topological polar surface area (TPSA) is 33.8 Å². The normalized spacial score (nSPS) is 27.7. The van der Waals surface area contributed by atoms with Gasteiger partial charge in [0.1, 0.15) is 0 Å². The first-order valence-electron chi connectivity index (χ1n) is 13.2. The van der Waals surface area contributed by atoms with Gasteiger partial charge in [0.15, 0.2) is 0 Å². The summed E-state index contributed by atoms with van der Waals surface area (Å²) in [7, 11) is 2.00. The van der Waals surface area contributed by atoms with Crippen LogP contribution in [-0.4, -0.2) is 57.6 Å². The fraction of sp³-hybridized carbons (Fsp3) is 0.448. The number of rotatable bonds is 5. The van der Waals surface area contributed by atoms with Crippen molar-refractivity contribution in [2.75, 3.05) is 40.4 Å². The van der Waals surface area contributed by atoms with E-state index < -0.39 is 11.7 Å². The van der Waals surface area contributed by atoms with Gasteiger partial charge in [-0.2, -0.15) is 0 Å². The van der Waals surface area contributed by atoms with Crippen LogP contribution >= 0.6 is 0 Å². The molecule has 5 nitrogen and oxygen atoms in total. The Bertz CT molecular complexity index is 1260. The number of fused-ring (bicyclic) bond motifs is 1. The van der Waals surface area contributed by atoms with Crippen molar-refractivity contribution in [3.63, 3.8) is 0 Å². The summed E-state index contributed by atoms with van der Waals surface area (Å²) in [6.45, 7) is 9.04. The van der Waals surface area contributed by atoms with Crippen LogP contribution in [0.3, 0.4) is 0 Å². The summed E-state index contributed by atoms with van der Waals surface area (Å²) < 4.78 is 45.4. The van der Waals surface area contributed by atoms with Gasteiger partial charge >= 0.3 is 209 Å². The molecule has 0 aliphatic carbocycles. The van der Waals surface area contributed by atoms with E-state index in [0.29, 0.717) is 29.9 Å². The molecule has 0 amide bonds. The fourth-order valence-electron chi connectivity index (χ4n) is 5.99. The van der Waals surface area contributed by atoms with Crippen molar-refractivity contribution in [2.45, 2.75) is 37.4 Å². The van der Waals surface area contributed by atoms with E-state index in [1.165, 1.54) is 20.5 Å². The van der Waals surface area contributed by atoms with E-state index in [4.69, 9.17) is 0 Å². The summed E-state index contributed by atoms with van der Waals surface area (Å²) in [5, 5.41) is 0. The number of nitrogens with zero attached hydrogens (tertiary/aromatic N) is 3. The summed E-state index contributed by atoms with van der Waals surface area (Å²) in [6, 6.07) is 8.82. The van der Waals surface area contributed by atoms with Crippen molar-refractivity contribution in [3.05, 3.63) is 89.2 Å². The predicted molar refractivity (Wildman–Crippen MR) is 141 cm³/mol. The molecule has 2 fully saturated rings. The van der Waals surface area contributed by atoms with Crippen LogP contribution in [-0.2, 0) is 5.41 Å². The molecule has 0 bridgehead atoms. The van der Waals surface area contributed by atoms with Gasteiger partial charge in [-0.05, 0) is 13.5 Å². The Labute approximate surface area is 233 Å². The molecule has 2 saturated heterocycles. The van der Waals surface area contributed by atoms with E-state index in [1.54, 1.807) is 11.1 Å². The van der Waals surface area contributed by atoms with Crippen LogP contribution in [0.25, 0.3) is 0 Å².